The van der Waals surface area contributed by atoms with Gasteiger partial charge in [0.15, 0.2) is 5.69 Å². The summed E-state index contributed by atoms with van der Waals surface area (Å²) in [4.78, 5) is 14.1. The monoisotopic (exact) mass is 220 g/mol. The highest BCUT2D eigenvalue weighted by atomic mass is 16.2. The second kappa shape index (κ2) is 3.90. The third kappa shape index (κ3) is 1.51. The van der Waals surface area contributed by atoms with Crippen molar-refractivity contribution in [1.82, 2.24) is 20.4 Å². The Hall–Kier alpha value is -1.36. The molecule has 1 aliphatic carbocycles. The van der Waals surface area contributed by atoms with Crippen molar-refractivity contribution < 1.29 is 4.79 Å². The summed E-state index contributed by atoms with van der Waals surface area (Å²) in [5, 5.41) is 10.4. The third-order valence-corrected chi connectivity index (χ3v) is 3.41. The molecule has 0 bridgehead atoms. The van der Waals surface area contributed by atoms with Crippen LogP contribution in [0.15, 0.2) is 0 Å². The van der Waals surface area contributed by atoms with Crippen LogP contribution in [0.25, 0.3) is 0 Å². The molecular formula is C11H16N4O. The molecule has 2 aliphatic rings. The van der Waals surface area contributed by atoms with Crippen LogP contribution in [0, 0.1) is 0 Å². The largest absolute Gasteiger partial charge is 0.335 e. The quantitative estimate of drug-likeness (QED) is 0.697. The van der Waals surface area contributed by atoms with E-state index in [1.807, 2.05) is 4.90 Å². The Labute approximate surface area is 94.2 Å². The van der Waals surface area contributed by atoms with E-state index in [4.69, 9.17) is 0 Å². The topological polar surface area (TPSA) is 61.0 Å². The molecule has 0 radical (unpaired) electrons. The summed E-state index contributed by atoms with van der Waals surface area (Å²) >= 11 is 0. The lowest BCUT2D eigenvalue weighted by Gasteiger charge is -2.26. The van der Waals surface area contributed by atoms with E-state index in [2.05, 4.69) is 15.5 Å². The van der Waals surface area contributed by atoms with Gasteiger partial charge in [-0.1, -0.05) is 0 Å². The number of aryl methyl sites for hydroxylation is 1. The average molecular weight is 220 g/mol. The minimum absolute atomic E-state index is 0.0981. The molecule has 1 saturated heterocycles. The molecule has 1 aromatic heterocycles. The van der Waals surface area contributed by atoms with E-state index < -0.39 is 0 Å². The van der Waals surface area contributed by atoms with Crippen LogP contribution in [-0.4, -0.2) is 47.2 Å². The zero-order chi connectivity index (χ0) is 11.0. The number of H-pyrrole nitrogens is 1. The number of rotatable bonds is 1. The summed E-state index contributed by atoms with van der Waals surface area (Å²) in [7, 11) is 0. The minimum Gasteiger partial charge on any atom is -0.335 e. The lowest BCUT2D eigenvalue weighted by molar-refractivity contribution is 0.0729. The van der Waals surface area contributed by atoms with Crippen LogP contribution >= 0.6 is 0 Å². The number of nitrogens with zero attached hydrogens (tertiary/aromatic N) is 2. The first-order valence-corrected chi connectivity index (χ1v) is 5.92. The van der Waals surface area contributed by atoms with Gasteiger partial charge in [-0.05, 0) is 19.3 Å². The molecule has 86 valence electrons. The van der Waals surface area contributed by atoms with Crippen molar-refractivity contribution in [2.24, 2.45) is 0 Å². The fourth-order valence-corrected chi connectivity index (χ4v) is 2.51. The lowest BCUT2D eigenvalue weighted by atomic mass is 10.2. The molecule has 3 rings (SSSR count). The molecule has 1 aromatic rings. The summed E-state index contributed by atoms with van der Waals surface area (Å²) in [6.07, 6.45) is 3.18. The number of hydrogen-bond donors (Lipinski definition) is 2. The van der Waals surface area contributed by atoms with Gasteiger partial charge >= 0.3 is 0 Å². The van der Waals surface area contributed by atoms with Crippen molar-refractivity contribution in [2.45, 2.75) is 19.3 Å². The van der Waals surface area contributed by atoms with Crippen molar-refractivity contribution in [3.05, 3.63) is 17.0 Å². The number of fused-ring (bicyclic) bond motifs is 1. The van der Waals surface area contributed by atoms with Crippen molar-refractivity contribution >= 4 is 5.91 Å². The normalized spacial score (nSPS) is 19.9. The van der Waals surface area contributed by atoms with Gasteiger partial charge in [0.05, 0.1) is 0 Å². The van der Waals surface area contributed by atoms with Crippen LogP contribution in [-0.2, 0) is 12.8 Å². The predicted molar refractivity (Wildman–Crippen MR) is 59.4 cm³/mol. The minimum atomic E-state index is 0.0981. The Balaban J connectivity index is 1.83. The molecule has 2 N–H and O–H groups in total. The van der Waals surface area contributed by atoms with E-state index in [-0.39, 0.29) is 5.91 Å². The van der Waals surface area contributed by atoms with Crippen molar-refractivity contribution in [2.75, 3.05) is 26.2 Å². The van der Waals surface area contributed by atoms with Crippen LogP contribution in [0.1, 0.15) is 28.2 Å². The first-order valence-electron chi connectivity index (χ1n) is 5.92. The molecule has 5 heteroatoms. The number of aromatic amines is 1. The van der Waals surface area contributed by atoms with Gasteiger partial charge in [0, 0.05) is 37.4 Å². The predicted octanol–water partition coefficient (Wildman–Crippen LogP) is -0.0562. The summed E-state index contributed by atoms with van der Waals surface area (Å²) in [6.45, 7) is 3.36. The van der Waals surface area contributed by atoms with Crippen molar-refractivity contribution in [3.63, 3.8) is 0 Å². The molecule has 0 saturated carbocycles. The number of nitrogens with one attached hydrogen (secondary N) is 2. The van der Waals surface area contributed by atoms with E-state index in [1.54, 1.807) is 0 Å². The van der Waals surface area contributed by atoms with E-state index in [0.717, 1.165) is 51.0 Å². The third-order valence-electron chi connectivity index (χ3n) is 3.41. The van der Waals surface area contributed by atoms with Crippen LogP contribution in [0.2, 0.25) is 0 Å². The highest BCUT2D eigenvalue weighted by Crippen LogP contribution is 2.23. The number of carbonyl (C=O) groups excluding carboxylic acids is 1. The van der Waals surface area contributed by atoms with E-state index >= 15 is 0 Å². The smallest absolute Gasteiger partial charge is 0.274 e. The molecule has 5 nitrogen and oxygen atoms in total. The second-order valence-corrected chi connectivity index (χ2v) is 4.43. The van der Waals surface area contributed by atoms with Crippen LogP contribution in [0.3, 0.4) is 0 Å². The fourth-order valence-electron chi connectivity index (χ4n) is 2.51. The molecule has 0 unspecified atom stereocenters. The zero-order valence-corrected chi connectivity index (χ0v) is 9.25. The number of amides is 1. The van der Waals surface area contributed by atoms with Gasteiger partial charge in [0.25, 0.3) is 5.91 Å². The molecule has 1 aliphatic heterocycles. The Morgan fingerprint density at radius 3 is 2.88 bits per heavy atom. The highest BCUT2D eigenvalue weighted by Gasteiger charge is 2.26. The van der Waals surface area contributed by atoms with E-state index in [1.165, 1.54) is 5.69 Å². The second-order valence-electron chi connectivity index (χ2n) is 4.43. The average Bonchev–Trinajstić information content (AvgIpc) is 2.91. The van der Waals surface area contributed by atoms with Gasteiger partial charge < -0.3 is 10.2 Å². The standard InChI is InChI=1S/C11H16N4O/c16-11(15-6-4-12-5-7-15)10-8-2-1-3-9(8)13-14-10/h12H,1-7H2,(H,13,14). The Bertz CT molecular complexity index is 406. The van der Waals surface area contributed by atoms with Crippen molar-refractivity contribution in [1.29, 1.82) is 0 Å². The fraction of sp³-hybridized carbons (Fsp3) is 0.636. The highest BCUT2D eigenvalue weighted by molar-refractivity contribution is 5.94. The molecule has 0 atom stereocenters. The SMILES string of the molecule is O=C(c1n[nH]c2c1CCC2)N1CCNCC1. The molecule has 0 spiro atoms. The summed E-state index contributed by atoms with van der Waals surface area (Å²) < 4.78 is 0. The van der Waals surface area contributed by atoms with E-state index in [0.29, 0.717) is 5.69 Å². The van der Waals surface area contributed by atoms with Crippen LogP contribution < -0.4 is 5.32 Å². The number of hydrogen-bond acceptors (Lipinski definition) is 3. The van der Waals surface area contributed by atoms with Gasteiger partial charge in [0.2, 0.25) is 0 Å². The lowest BCUT2D eigenvalue weighted by Crippen LogP contribution is -2.46. The Morgan fingerprint density at radius 1 is 1.25 bits per heavy atom. The maximum atomic E-state index is 12.2. The molecule has 1 fully saturated rings. The first-order chi connectivity index (χ1) is 7.86. The van der Waals surface area contributed by atoms with Gasteiger partial charge in [-0.3, -0.25) is 9.89 Å². The molecule has 16 heavy (non-hydrogen) atoms. The van der Waals surface area contributed by atoms with Gasteiger partial charge in [-0.2, -0.15) is 5.10 Å². The first kappa shape index (κ1) is 9.84. The van der Waals surface area contributed by atoms with Crippen LogP contribution in [0.4, 0.5) is 0 Å². The number of aromatic nitrogens is 2. The zero-order valence-electron chi connectivity index (χ0n) is 9.25. The van der Waals surface area contributed by atoms with Crippen molar-refractivity contribution in [3.8, 4) is 0 Å². The maximum Gasteiger partial charge on any atom is 0.274 e. The Morgan fingerprint density at radius 2 is 2.06 bits per heavy atom. The number of carbonyl (C=O) groups is 1. The number of piperazine rings is 1. The molecule has 2 heterocycles. The van der Waals surface area contributed by atoms with Gasteiger partial charge in [-0.25, -0.2) is 0 Å². The maximum absolute atomic E-state index is 12.2. The van der Waals surface area contributed by atoms with E-state index in [9.17, 15) is 4.79 Å². The Kier molecular flexibility index (Phi) is 2.40. The van der Waals surface area contributed by atoms with Gasteiger partial charge in [-0.15, -0.1) is 0 Å². The summed E-state index contributed by atoms with van der Waals surface area (Å²) in [6, 6.07) is 0. The molecule has 1 amide bonds. The summed E-state index contributed by atoms with van der Waals surface area (Å²) in [5.41, 5.74) is 2.98. The molecular weight excluding hydrogens is 204 g/mol. The van der Waals surface area contributed by atoms with Crippen LogP contribution in [0.5, 0.6) is 0 Å². The molecule has 0 aromatic carbocycles. The van der Waals surface area contributed by atoms with Gasteiger partial charge in [0.1, 0.15) is 0 Å². The summed E-state index contributed by atoms with van der Waals surface area (Å²) in [5.74, 6) is 0.0981.